The minimum atomic E-state index is -1.07. The first-order valence-corrected chi connectivity index (χ1v) is 7.80. The fourth-order valence-corrected chi connectivity index (χ4v) is 2.73. The maximum atomic E-state index is 13.2. The molecule has 1 saturated heterocycles. The summed E-state index contributed by atoms with van der Waals surface area (Å²) in [4.78, 5) is 13.8. The van der Waals surface area contributed by atoms with E-state index in [1.54, 1.807) is 0 Å². The average Bonchev–Trinajstić information content (AvgIpc) is 2.61. The highest BCUT2D eigenvalue weighted by molar-refractivity contribution is 5.94. The zero-order valence-corrected chi connectivity index (χ0v) is 13.1. The molecule has 0 aromatic heterocycles. The van der Waals surface area contributed by atoms with Gasteiger partial charge in [-0.25, -0.2) is 17.6 Å². The fraction of sp³-hybridized carbons (Fsp3) is 0.278. The molecule has 0 saturated carbocycles. The van der Waals surface area contributed by atoms with Crippen molar-refractivity contribution in [2.24, 2.45) is 0 Å². The van der Waals surface area contributed by atoms with Crippen LogP contribution in [0.25, 0.3) is 0 Å². The third-order valence-electron chi connectivity index (χ3n) is 4.09. The molecule has 3 rings (SSSR count). The van der Waals surface area contributed by atoms with Crippen LogP contribution in [0.4, 0.5) is 17.6 Å². The van der Waals surface area contributed by atoms with Gasteiger partial charge in [0.2, 0.25) is 0 Å². The van der Waals surface area contributed by atoms with Crippen molar-refractivity contribution in [3.05, 3.63) is 65.2 Å². The van der Waals surface area contributed by atoms with Crippen LogP contribution in [0.3, 0.4) is 0 Å². The second kappa shape index (κ2) is 7.13. The highest BCUT2D eigenvalue weighted by Gasteiger charge is 2.25. The van der Waals surface area contributed by atoms with Crippen LogP contribution >= 0.6 is 0 Å². The number of benzene rings is 2. The van der Waals surface area contributed by atoms with Crippen molar-refractivity contribution >= 4 is 5.91 Å². The van der Waals surface area contributed by atoms with Crippen LogP contribution in [-0.4, -0.2) is 30.0 Å². The lowest BCUT2D eigenvalue weighted by Gasteiger charge is -2.32. The van der Waals surface area contributed by atoms with E-state index in [1.165, 1.54) is 17.0 Å². The molecular formula is C18H15F4NO2. The van der Waals surface area contributed by atoms with Gasteiger partial charge in [0.05, 0.1) is 0 Å². The number of likely N-dealkylation sites (tertiary alicyclic amines) is 1. The molecule has 0 spiro atoms. The molecule has 0 N–H and O–H groups in total. The largest absolute Gasteiger partial charge is 0.490 e. The second-order valence-electron chi connectivity index (χ2n) is 5.81. The van der Waals surface area contributed by atoms with Gasteiger partial charge in [-0.2, -0.15) is 0 Å². The third-order valence-corrected chi connectivity index (χ3v) is 4.09. The van der Waals surface area contributed by atoms with Crippen molar-refractivity contribution < 1.29 is 27.1 Å². The molecule has 0 aliphatic carbocycles. The first-order chi connectivity index (χ1) is 11.9. The van der Waals surface area contributed by atoms with E-state index in [2.05, 4.69) is 0 Å². The molecule has 0 unspecified atom stereocenters. The number of carbonyl (C=O) groups excluding carboxylic acids is 1. The van der Waals surface area contributed by atoms with Crippen molar-refractivity contribution in [3.63, 3.8) is 0 Å². The zero-order valence-electron chi connectivity index (χ0n) is 13.1. The number of carbonyl (C=O) groups is 1. The molecule has 1 amide bonds. The van der Waals surface area contributed by atoms with E-state index in [1.807, 2.05) is 0 Å². The number of nitrogens with zero attached hydrogens (tertiary/aromatic N) is 1. The molecule has 1 aliphatic heterocycles. The Morgan fingerprint density at radius 1 is 0.880 bits per heavy atom. The van der Waals surface area contributed by atoms with Gasteiger partial charge in [-0.05, 0) is 30.3 Å². The number of hydrogen-bond donors (Lipinski definition) is 0. The van der Waals surface area contributed by atoms with E-state index in [-0.39, 0.29) is 23.3 Å². The summed E-state index contributed by atoms with van der Waals surface area (Å²) in [5, 5.41) is 0. The average molecular weight is 353 g/mol. The molecule has 1 heterocycles. The van der Waals surface area contributed by atoms with Crippen LogP contribution < -0.4 is 4.74 Å². The van der Waals surface area contributed by atoms with Crippen LogP contribution in [0.5, 0.6) is 5.75 Å². The summed E-state index contributed by atoms with van der Waals surface area (Å²) in [5.74, 6) is -4.16. The van der Waals surface area contributed by atoms with Crippen molar-refractivity contribution in [3.8, 4) is 5.75 Å². The van der Waals surface area contributed by atoms with E-state index < -0.39 is 23.3 Å². The van der Waals surface area contributed by atoms with Gasteiger partial charge < -0.3 is 9.64 Å². The summed E-state index contributed by atoms with van der Waals surface area (Å²) in [5.41, 5.74) is 0.0823. The number of hydrogen-bond acceptors (Lipinski definition) is 2. The summed E-state index contributed by atoms with van der Waals surface area (Å²) >= 11 is 0. The Morgan fingerprint density at radius 2 is 1.48 bits per heavy atom. The van der Waals surface area contributed by atoms with Crippen LogP contribution in [0.1, 0.15) is 23.2 Å². The highest BCUT2D eigenvalue weighted by Crippen LogP contribution is 2.22. The first-order valence-electron chi connectivity index (χ1n) is 7.80. The number of ether oxygens (including phenoxy) is 1. The molecule has 25 heavy (non-hydrogen) atoms. The van der Waals surface area contributed by atoms with Gasteiger partial charge in [0.25, 0.3) is 5.91 Å². The van der Waals surface area contributed by atoms with Gasteiger partial charge in [0.1, 0.15) is 11.9 Å². The molecular weight excluding hydrogens is 338 g/mol. The first kappa shape index (κ1) is 17.3. The third kappa shape index (κ3) is 3.92. The lowest BCUT2D eigenvalue weighted by atomic mass is 10.1. The topological polar surface area (TPSA) is 29.5 Å². The Morgan fingerprint density at radius 3 is 2.08 bits per heavy atom. The van der Waals surface area contributed by atoms with Crippen LogP contribution in [0.2, 0.25) is 0 Å². The predicted octanol–water partition coefficient (Wildman–Crippen LogP) is 3.93. The zero-order chi connectivity index (χ0) is 18.0. The van der Waals surface area contributed by atoms with Gasteiger partial charge in [-0.3, -0.25) is 4.79 Å². The Labute approximate surface area is 141 Å². The molecule has 1 fully saturated rings. The Bertz CT molecular complexity index is 789. The SMILES string of the molecule is O=C(c1ccc(F)c(F)c1)N1CCC(Oc2ccc(F)c(F)c2)CC1. The normalized spacial score (nSPS) is 15.3. The molecule has 0 bridgehead atoms. The fourth-order valence-electron chi connectivity index (χ4n) is 2.73. The van der Waals surface area contributed by atoms with Gasteiger partial charge in [-0.1, -0.05) is 0 Å². The Kier molecular flexibility index (Phi) is 4.92. The van der Waals surface area contributed by atoms with Crippen molar-refractivity contribution in [2.75, 3.05) is 13.1 Å². The van der Waals surface area contributed by atoms with E-state index in [4.69, 9.17) is 4.74 Å². The van der Waals surface area contributed by atoms with Gasteiger partial charge in [0.15, 0.2) is 23.3 Å². The maximum absolute atomic E-state index is 13.2. The summed E-state index contributed by atoms with van der Waals surface area (Å²) in [7, 11) is 0. The minimum absolute atomic E-state index is 0.0823. The summed E-state index contributed by atoms with van der Waals surface area (Å²) in [6.45, 7) is 0.734. The number of piperidine rings is 1. The quantitative estimate of drug-likeness (QED) is 0.783. The van der Waals surface area contributed by atoms with E-state index >= 15 is 0 Å². The summed E-state index contributed by atoms with van der Waals surface area (Å²) < 4.78 is 57.9. The Hall–Kier alpha value is -2.57. The minimum Gasteiger partial charge on any atom is -0.490 e. The summed E-state index contributed by atoms with van der Waals surface area (Å²) in [6, 6.07) is 6.35. The second-order valence-corrected chi connectivity index (χ2v) is 5.81. The van der Waals surface area contributed by atoms with Crippen molar-refractivity contribution in [1.29, 1.82) is 0 Å². The van der Waals surface area contributed by atoms with E-state index in [0.717, 1.165) is 24.3 Å². The maximum Gasteiger partial charge on any atom is 0.253 e. The standard InChI is InChI=1S/C18H15F4NO2/c19-14-3-1-11(9-16(14)21)18(24)23-7-5-12(6-8-23)25-13-2-4-15(20)17(22)10-13/h1-4,9-10,12H,5-8H2. The molecule has 0 atom stereocenters. The molecule has 2 aromatic carbocycles. The van der Waals surface area contributed by atoms with E-state index in [9.17, 15) is 22.4 Å². The number of rotatable bonds is 3. The lowest BCUT2D eigenvalue weighted by Crippen LogP contribution is -2.41. The predicted molar refractivity (Wildman–Crippen MR) is 82.3 cm³/mol. The molecule has 0 radical (unpaired) electrons. The lowest BCUT2D eigenvalue weighted by molar-refractivity contribution is 0.0594. The number of halogens is 4. The summed E-state index contributed by atoms with van der Waals surface area (Å²) in [6.07, 6.45) is 0.752. The smallest absolute Gasteiger partial charge is 0.253 e. The van der Waals surface area contributed by atoms with E-state index in [0.29, 0.717) is 25.9 Å². The van der Waals surface area contributed by atoms with Crippen molar-refractivity contribution in [1.82, 2.24) is 4.90 Å². The molecule has 1 aliphatic rings. The van der Waals surface area contributed by atoms with Crippen molar-refractivity contribution in [2.45, 2.75) is 18.9 Å². The molecule has 132 valence electrons. The molecule has 2 aromatic rings. The molecule has 3 nitrogen and oxygen atoms in total. The monoisotopic (exact) mass is 353 g/mol. The van der Waals surface area contributed by atoms with Gasteiger partial charge >= 0.3 is 0 Å². The number of amides is 1. The van der Waals surface area contributed by atoms with Crippen LogP contribution in [0.15, 0.2) is 36.4 Å². The van der Waals surface area contributed by atoms with Crippen LogP contribution in [-0.2, 0) is 0 Å². The van der Waals surface area contributed by atoms with Crippen LogP contribution in [0, 0.1) is 23.3 Å². The highest BCUT2D eigenvalue weighted by atomic mass is 19.2. The molecule has 7 heteroatoms. The van der Waals surface area contributed by atoms with Gasteiger partial charge in [-0.15, -0.1) is 0 Å². The Balaban J connectivity index is 1.58. The van der Waals surface area contributed by atoms with Gasteiger partial charge in [0, 0.05) is 37.6 Å².